The standard InChI is InChI=1S/C16H19NO2/c1-2-3-4-5-14-11-18-16(19-12-14)15-8-6-13(10-17)7-9-15/h6-9,11,16H,2-5,12H2,1H3/t16-/m1/s1. The van der Waals surface area contributed by atoms with Crippen LogP contribution in [-0.4, -0.2) is 6.61 Å². The van der Waals surface area contributed by atoms with Gasteiger partial charge in [0.1, 0.15) is 0 Å². The molecule has 0 fully saturated rings. The Morgan fingerprint density at radius 3 is 2.63 bits per heavy atom. The van der Waals surface area contributed by atoms with Gasteiger partial charge in [-0.3, -0.25) is 0 Å². The van der Waals surface area contributed by atoms with E-state index in [1.54, 1.807) is 12.1 Å². The highest BCUT2D eigenvalue weighted by molar-refractivity contribution is 5.32. The van der Waals surface area contributed by atoms with Crippen LogP contribution in [0.1, 0.15) is 50.0 Å². The fourth-order valence-corrected chi connectivity index (χ4v) is 2.04. The van der Waals surface area contributed by atoms with E-state index in [1.165, 1.54) is 24.8 Å². The lowest BCUT2D eigenvalue weighted by Gasteiger charge is -2.24. The largest absolute Gasteiger partial charge is 0.468 e. The average Bonchev–Trinajstić information content (AvgIpc) is 2.48. The van der Waals surface area contributed by atoms with Crippen molar-refractivity contribution >= 4 is 0 Å². The van der Waals surface area contributed by atoms with Crippen LogP contribution in [0.15, 0.2) is 36.1 Å². The van der Waals surface area contributed by atoms with Crippen molar-refractivity contribution in [1.82, 2.24) is 0 Å². The van der Waals surface area contributed by atoms with Crippen LogP contribution < -0.4 is 0 Å². The third-order valence-corrected chi connectivity index (χ3v) is 3.19. The van der Waals surface area contributed by atoms with E-state index in [9.17, 15) is 0 Å². The molecule has 3 nitrogen and oxygen atoms in total. The van der Waals surface area contributed by atoms with Crippen molar-refractivity contribution < 1.29 is 9.47 Å². The van der Waals surface area contributed by atoms with Crippen molar-refractivity contribution in [1.29, 1.82) is 5.26 Å². The van der Waals surface area contributed by atoms with Gasteiger partial charge in [-0.2, -0.15) is 5.26 Å². The van der Waals surface area contributed by atoms with Crippen molar-refractivity contribution in [2.24, 2.45) is 0 Å². The van der Waals surface area contributed by atoms with Crippen molar-refractivity contribution in [3.63, 3.8) is 0 Å². The van der Waals surface area contributed by atoms with Crippen LogP contribution in [0.25, 0.3) is 0 Å². The quantitative estimate of drug-likeness (QED) is 0.747. The predicted octanol–water partition coefficient (Wildman–Crippen LogP) is 4.07. The maximum atomic E-state index is 8.75. The maximum Gasteiger partial charge on any atom is 0.226 e. The van der Waals surface area contributed by atoms with Gasteiger partial charge in [0.15, 0.2) is 0 Å². The zero-order valence-electron chi connectivity index (χ0n) is 11.3. The summed E-state index contributed by atoms with van der Waals surface area (Å²) in [4.78, 5) is 0. The van der Waals surface area contributed by atoms with Gasteiger partial charge in [0.2, 0.25) is 6.29 Å². The van der Waals surface area contributed by atoms with Gasteiger partial charge in [0, 0.05) is 5.56 Å². The second-order valence-electron chi connectivity index (χ2n) is 4.75. The van der Waals surface area contributed by atoms with Crippen molar-refractivity contribution in [3.8, 4) is 6.07 Å². The van der Waals surface area contributed by atoms with Gasteiger partial charge in [-0.1, -0.05) is 31.9 Å². The molecule has 1 atom stereocenters. The molecule has 0 N–H and O–H groups in total. The van der Waals surface area contributed by atoms with E-state index in [1.807, 2.05) is 18.4 Å². The molecule has 3 heteroatoms. The number of ether oxygens (including phenoxy) is 2. The summed E-state index contributed by atoms with van der Waals surface area (Å²) in [5.74, 6) is 0. The molecule has 1 aromatic carbocycles. The van der Waals surface area contributed by atoms with E-state index in [2.05, 4.69) is 13.0 Å². The molecule has 0 unspecified atom stereocenters. The Balaban J connectivity index is 1.89. The van der Waals surface area contributed by atoms with E-state index in [-0.39, 0.29) is 6.29 Å². The molecule has 0 bridgehead atoms. The summed E-state index contributed by atoms with van der Waals surface area (Å²) in [6, 6.07) is 9.41. The topological polar surface area (TPSA) is 42.2 Å². The second-order valence-corrected chi connectivity index (χ2v) is 4.75. The molecule has 0 radical (unpaired) electrons. The molecular weight excluding hydrogens is 238 g/mol. The van der Waals surface area contributed by atoms with Gasteiger partial charge in [-0.05, 0) is 30.5 Å². The van der Waals surface area contributed by atoms with Crippen LogP contribution in [0, 0.1) is 11.3 Å². The van der Waals surface area contributed by atoms with Gasteiger partial charge < -0.3 is 9.47 Å². The molecule has 1 heterocycles. The average molecular weight is 257 g/mol. The van der Waals surface area contributed by atoms with Gasteiger partial charge in [0.05, 0.1) is 24.5 Å². The maximum absolute atomic E-state index is 8.75. The second kappa shape index (κ2) is 6.96. The molecule has 1 aliphatic heterocycles. The van der Waals surface area contributed by atoms with E-state index in [0.29, 0.717) is 12.2 Å². The molecule has 100 valence electrons. The van der Waals surface area contributed by atoms with E-state index in [4.69, 9.17) is 14.7 Å². The number of rotatable bonds is 5. The van der Waals surface area contributed by atoms with Crippen LogP contribution in [0.2, 0.25) is 0 Å². The third kappa shape index (κ3) is 3.84. The van der Waals surface area contributed by atoms with Crippen LogP contribution in [0.5, 0.6) is 0 Å². The molecule has 0 saturated heterocycles. The summed E-state index contributed by atoms with van der Waals surface area (Å²) in [5.41, 5.74) is 2.82. The molecule has 0 saturated carbocycles. The molecule has 2 rings (SSSR count). The van der Waals surface area contributed by atoms with Crippen LogP contribution >= 0.6 is 0 Å². The summed E-state index contributed by atoms with van der Waals surface area (Å²) in [6.45, 7) is 2.83. The Hall–Kier alpha value is -1.79. The highest BCUT2D eigenvalue weighted by atomic mass is 16.7. The number of hydrogen-bond donors (Lipinski definition) is 0. The van der Waals surface area contributed by atoms with Gasteiger partial charge in [0.25, 0.3) is 0 Å². The first-order valence-electron chi connectivity index (χ1n) is 6.78. The Labute approximate surface area is 114 Å². The minimum Gasteiger partial charge on any atom is -0.468 e. The number of benzene rings is 1. The molecule has 1 aliphatic rings. The first-order chi connectivity index (χ1) is 9.33. The number of nitrogens with zero attached hydrogens (tertiary/aromatic N) is 1. The molecule has 0 amide bonds. The smallest absolute Gasteiger partial charge is 0.226 e. The molecule has 0 spiro atoms. The number of hydrogen-bond acceptors (Lipinski definition) is 3. The Morgan fingerprint density at radius 2 is 2.05 bits per heavy atom. The SMILES string of the molecule is CCCCCC1=CO[C@@H](c2ccc(C#N)cc2)OC1. The Morgan fingerprint density at radius 1 is 1.26 bits per heavy atom. The van der Waals surface area contributed by atoms with E-state index in [0.717, 1.165) is 12.0 Å². The van der Waals surface area contributed by atoms with Gasteiger partial charge in [-0.25, -0.2) is 0 Å². The monoisotopic (exact) mass is 257 g/mol. The molecule has 19 heavy (non-hydrogen) atoms. The van der Waals surface area contributed by atoms with Crippen LogP contribution in [0.4, 0.5) is 0 Å². The summed E-state index contributed by atoms with van der Waals surface area (Å²) < 4.78 is 11.3. The lowest BCUT2D eigenvalue weighted by molar-refractivity contribution is -0.120. The minimum absolute atomic E-state index is 0.345. The molecule has 0 aromatic heterocycles. The highest BCUT2D eigenvalue weighted by Gasteiger charge is 2.17. The first-order valence-corrected chi connectivity index (χ1v) is 6.78. The molecular formula is C16H19NO2. The predicted molar refractivity (Wildman–Crippen MR) is 73.2 cm³/mol. The Kier molecular flexibility index (Phi) is 5.00. The summed E-state index contributed by atoms with van der Waals surface area (Å²) in [6.07, 6.45) is 6.20. The number of nitriles is 1. The fraction of sp³-hybridized carbons (Fsp3) is 0.438. The van der Waals surface area contributed by atoms with Crippen molar-refractivity contribution in [3.05, 3.63) is 47.2 Å². The zero-order chi connectivity index (χ0) is 13.5. The third-order valence-electron chi connectivity index (χ3n) is 3.19. The summed E-state index contributed by atoms with van der Waals surface area (Å²) in [7, 11) is 0. The first kappa shape index (κ1) is 13.6. The van der Waals surface area contributed by atoms with Crippen molar-refractivity contribution in [2.45, 2.75) is 38.9 Å². The summed E-state index contributed by atoms with van der Waals surface area (Å²) >= 11 is 0. The molecule has 1 aromatic rings. The van der Waals surface area contributed by atoms with Crippen molar-refractivity contribution in [2.75, 3.05) is 6.61 Å². The lowest BCUT2D eigenvalue weighted by Crippen LogP contribution is -2.14. The lowest BCUT2D eigenvalue weighted by atomic mass is 10.1. The highest BCUT2D eigenvalue weighted by Crippen LogP contribution is 2.26. The van der Waals surface area contributed by atoms with E-state index >= 15 is 0 Å². The van der Waals surface area contributed by atoms with Gasteiger partial charge >= 0.3 is 0 Å². The van der Waals surface area contributed by atoms with Gasteiger partial charge in [-0.15, -0.1) is 0 Å². The van der Waals surface area contributed by atoms with E-state index < -0.39 is 0 Å². The number of unbranched alkanes of at least 4 members (excludes halogenated alkanes) is 2. The van der Waals surface area contributed by atoms with Crippen LogP contribution in [0.3, 0.4) is 0 Å². The zero-order valence-corrected chi connectivity index (χ0v) is 11.3. The minimum atomic E-state index is -0.345. The normalized spacial score (nSPS) is 18.3. The molecule has 0 aliphatic carbocycles. The Bertz CT molecular complexity index is 471. The summed E-state index contributed by atoms with van der Waals surface area (Å²) in [5, 5.41) is 8.75. The van der Waals surface area contributed by atoms with Crippen LogP contribution in [-0.2, 0) is 9.47 Å². The fourth-order valence-electron chi connectivity index (χ4n) is 2.04.